The number of hydrogen-bond donors (Lipinski definition) is 1. The molecule has 1 aromatic heterocycles. The van der Waals surface area contributed by atoms with Crippen LogP contribution in [0, 0.1) is 0 Å². The van der Waals surface area contributed by atoms with Gasteiger partial charge in [-0.15, -0.1) is 0 Å². The Morgan fingerprint density at radius 1 is 1.16 bits per heavy atom. The van der Waals surface area contributed by atoms with Crippen LogP contribution in [0.1, 0.15) is 11.1 Å². The van der Waals surface area contributed by atoms with Crippen LogP contribution in [0.15, 0.2) is 59.3 Å². The number of nitrogens with one attached hydrogen (secondary N) is 1. The lowest BCUT2D eigenvalue weighted by atomic mass is 10.2. The quantitative estimate of drug-likeness (QED) is 0.880. The average Bonchev–Trinajstić information content (AvgIpc) is 2.45. The maximum atomic E-state index is 11.6. The van der Waals surface area contributed by atoms with Gasteiger partial charge in [0.25, 0.3) is 0 Å². The highest BCUT2D eigenvalue weighted by Gasteiger charge is 1.96. The van der Waals surface area contributed by atoms with E-state index in [0.717, 1.165) is 15.6 Å². The van der Waals surface area contributed by atoms with Gasteiger partial charge in [0.2, 0.25) is 5.91 Å². The Morgan fingerprint density at radius 2 is 1.84 bits per heavy atom. The molecular weight excluding hydrogens is 304 g/mol. The van der Waals surface area contributed by atoms with Crippen LogP contribution in [0.2, 0.25) is 0 Å². The first-order valence-electron chi connectivity index (χ1n) is 5.84. The van der Waals surface area contributed by atoms with E-state index in [9.17, 15) is 4.79 Å². The topological polar surface area (TPSA) is 42.0 Å². The highest BCUT2D eigenvalue weighted by molar-refractivity contribution is 9.10. The van der Waals surface area contributed by atoms with Gasteiger partial charge in [0, 0.05) is 29.5 Å². The highest BCUT2D eigenvalue weighted by atomic mass is 79.9. The number of carbonyl (C=O) groups is 1. The summed E-state index contributed by atoms with van der Waals surface area (Å²) in [5.41, 5.74) is 2.02. The maximum absolute atomic E-state index is 11.6. The van der Waals surface area contributed by atoms with Crippen LogP contribution in [0.4, 0.5) is 0 Å². The van der Waals surface area contributed by atoms with E-state index >= 15 is 0 Å². The molecule has 0 spiro atoms. The van der Waals surface area contributed by atoms with Crippen molar-refractivity contribution >= 4 is 27.9 Å². The fraction of sp³-hybridized carbons (Fsp3) is 0.0667. The normalized spacial score (nSPS) is 10.6. The van der Waals surface area contributed by atoms with E-state index in [4.69, 9.17) is 0 Å². The molecule has 1 heterocycles. The summed E-state index contributed by atoms with van der Waals surface area (Å²) in [6.07, 6.45) is 6.73. The van der Waals surface area contributed by atoms with Crippen LogP contribution < -0.4 is 5.32 Å². The van der Waals surface area contributed by atoms with Crippen molar-refractivity contribution in [1.29, 1.82) is 0 Å². The lowest BCUT2D eigenvalue weighted by Crippen LogP contribution is -2.20. The number of hydrogen-bond acceptors (Lipinski definition) is 2. The molecule has 3 nitrogen and oxygen atoms in total. The van der Waals surface area contributed by atoms with Gasteiger partial charge in [-0.1, -0.05) is 28.1 Å². The van der Waals surface area contributed by atoms with E-state index in [-0.39, 0.29) is 5.91 Å². The summed E-state index contributed by atoms with van der Waals surface area (Å²) in [5.74, 6) is -0.111. The zero-order valence-corrected chi connectivity index (χ0v) is 11.8. The second-order valence-corrected chi connectivity index (χ2v) is 4.87. The minimum Gasteiger partial charge on any atom is -0.348 e. The Bertz CT molecular complexity index is 564. The zero-order chi connectivity index (χ0) is 13.5. The van der Waals surface area contributed by atoms with Crippen molar-refractivity contribution in [2.45, 2.75) is 6.54 Å². The second kappa shape index (κ2) is 6.85. The van der Waals surface area contributed by atoms with Crippen LogP contribution in [-0.2, 0) is 11.3 Å². The molecule has 19 heavy (non-hydrogen) atoms. The molecule has 0 bridgehead atoms. The van der Waals surface area contributed by atoms with Crippen molar-refractivity contribution in [3.63, 3.8) is 0 Å². The van der Waals surface area contributed by atoms with E-state index in [1.807, 2.05) is 36.4 Å². The molecule has 0 aliphatic rings. The van der Waals surface area contributed by atoms with Gasteiger partial charge < -0.3 is 5.32 Å². The number of pyridine rings is 1. The molecule has 0 radical (unpaired) electrons. The van der Waals surface area contributed by atoms with E-state index in [0.29, 0.717) is 6.54 Å². The molecule has 0 fully saturated rings. The molecule has 96 valence electrons. The molecule has 4 heteroatoms. The molecule has 1 amide bonds. The number of halogens is 1. The molecule has 2 rings (SSSR count). The third-order valence-electron chi connectivity index (χ3n) is 2.51. The fourth-order valence-corrected chi connectivity index (χ4v) is 1.76. The fourth-order valence-electron chi connectivity index (χ4n) is 1.49. The molecule has 1 N–H and O–H groups in total. The summed E-state index contributed by atoms with van der Waals surface area (Å²) in [6, 6.07) is 11.5. The second-order valence-electron chi connectivity index (χ2n) is 3.96. The summed E-state index contributed by atoms with van der Waals surface area (Å²) in [5, 5.41) is 2.82. The number of benzene rings is 1. The van der Waals surface area contributed by atoms with Crippen molar-refractivity contribution in [2.24, 2.45) is 0 Å². The van der Waals surface area contributed by atoms with Crippen LogP contribution in [0.5, 0.6) is 0 Å². The molecule has 0 aliphatic heterocycles. The van der Waals surface area contributed by atoms with Crippen molar-refractivity contribution in [1.82, 2.24) is 10.3 Å². The maximum Gasteiger partial charge on any atom is 0.244 e. The Hall–Kier alpha value is -1.94. The van der Waals surface area contributed by atoms with Gasteiger partial charge in [0.05, 0.1) is 0 Å². The standard InChI is InChI=1S/C15H13BrN2O/c16-14-4-1-12(2-5-14)3-6-15(19)18-11-13-7-9-17-10-8-13/h1-10H,11H2,(H,18,19). The SMILES string of the molecule is O=C(C=Cc1ccc(Br)cc1)NCc1ccncc1. The van der Waals surface area contributed by atoms with Gasteiger partial charge in [-0.05, 0) is 41.5 Å². The van der Waals surface area contributed by atoms with Crippen LogP contribution in [0.3, 0.4) is 0 Å². The van der Waals surface area contributed by atoms with Gasteiger partial charge in [0.15, 0.2) is 0 Å². The molecule has 0 atom stereocenters. The van der Waals surface area contributed by atoms with Gasteiger partial charge in [-0.25, -0.2) is 0 Å². The smallest absolute Gasteiger partial charge is 0.244 e. The number of nitrogens with zero attached hydrogens (tertiary/aromatic N) is 1. The van der Waals surface area contributed by atoms with Gasteiger partial charge in [-0.2, -0.15) is 0 Å². The summed E-state index contributed by atoms with van der Waals surface area (Å²) in [4.78, 5) is 15.6. The van der Waals surface area contributed by atoms with Gasteiger partial charge in [-0.3, -0.25) is 9.78 Å². The summed E-state index contributed by atoms with van der Waals surface area (Å²) >= 11 is 3.37. The van der Waals surface area contributed by atoms with Gasteiger partial charge in [0.1, 0.15) is 0 Å². The Morgan fingerprint density at radius 3 is 2.53 bits per heavy atom. The monoisotopic (exact) mass is 316 g/mol. The zero-order valence-electron chi connectivity index (χ0n) is 10.2. The number of carbonyl (C=O) groups excluding carboxylic acids is 1. The minimum absolute atomic E-state index is 0.111. The molecule has 1 aromatic carbocycles. The molecule has 2 aromatic rings. The number of aromatic nitrogens is 1. The summed E-state index contributed by atoms with van der Waals surface area (Å²) in [6.45, 7) is 0.506. The first kappa shape index (κ1) is 13.5. The Balaban J connectivity index is 1.86. The lowest BCUT2D eigenvalue weighted by Gasteiger charge is -2.01. The van der Waals surface area contributed by atoms with E-state index in [1.54, 1.807) is 18.5 Å². The van der Waals surface area contributed by atoms with E-state index < -0.39 is 0 Å². The average molecular weight is 317 g/mol. The van der Waals surface area contributed by atoms with E-state index in [1.165, 1.54) is 6.08 Å². The third-order valence-corrected chi connectivity index (χ3v) is 3.04. The molecule has 0 unspecified atom stereocenters. The first-order valence-corrected chi connectivity index (χ1v) is 6.64. The first-order chi connectivity index (χ1) is 9.24. The molecule has 0 aliphatic carbocycles. The van der Waals surface area contributed by atoms with Crippen molar-refractivity contribution < 1.29 is 4.79 Å². The van der Waals surface area contributed by atoms with Crippen LogP contribution >= 0.6 is 15.9 Å². The lowest BCUT2D eigenvalue weighted by molar-refractivity contribution is -0.116. The molecule has 0 saturated carbocycles. The van der Waals surface area contributed by atoms with Crippen molar-refractivity contribution in [3.05, 3.63) is 70.5 Å². The highest BCUT2D eigenvalue weighted by Crippen LogP contribution is 2.11. The summed E-state index contributed by atoms with van der Waals surface area (Å²) < 4.78 is 1.02. The van der Waals surface area contributed by atoms with Crippen LogP contribution in [-0.4, -0.2) is 10.9 Å². The number of rotatable bonds is 4. The molecule has 0 saturated heterocycles. The van der Waals surface area contributed by atoms with E-state index in [2.05, 4.69) is 26.2 Å². The predicted molar refractivity (Wildman–Crippen MR) is 79.3 cm³/mol. The largest absolute Gasteiger partial charge is 0.348 e. The minimum atomic E-state index is -0.111. The number of amides is 1. The summed E-state index contributed by atoms with van der Waals surface area (Å²) in [7, 11) is 0. The van der Waals surface area contributed by atoms with Crippen molar-refractivity contribution in [3.8, 4) is 0 Å². The van der Waals surface area contributed by atoms with Gasteiger partial charge >= 0.3 is 0 Å². The van der Waals surface area contributed by atoms with Crippen molar-refractivity contribution in [2.75, 3.05) is 0 Å². The third kappa shape index (κ3) is 4.67. The molecular formula is C15H13BrN2O. The Labute approximate surface area is 120 Å². The van der Waals surface area contributed by atoms with Crippen LogP contribution in [0.25, 0.3) is 6.08 Å². The predicted octanol–water partition coefficient (Wildman–Crippen LogP) is 3.17. The Kier molecular flexibility index (Phi) is 4.86.